The van der Waals surface area contributed by atoms with E-state index in [2.05, 4.69) is 10.2 Å². The standard InChI is InChI=1S/C19H33N3O2.ClH/c20-17-15-5-4-14(12-15)16(17)18(23)21-13-19(6-2-1-3-7-19)22-8-10-24-11-9-22;/h14-17H,1-13,20H2,(H,21,23);1H. The molecule has 2 bridgehead atoms. The minimum atomic E-state index is 0. The van der Waals surface area contributed by atoms with Gasteiger partial charge in [-0.05, 0) is 43.9 Å². The number of nitrogens with one attached hydrogen (secondary N) is 1. The fourth-order valence-electron chi connectivity index (χ4n) is 5.95. The molecule has 4 aliphatic rings. The zero-order valence-electron chi connectivity index (χ0n) is 15.3. The Morgan fingerprint density at radius 2 is 1.80 bits per heavy atom. The van der Waals surface area contributed by atoms with Crippen LogP contribution in [0.25, 0.3) is 0 Å². The first-order valence-corrected chi connectivity index (χ1v) is 10.1. The molecule has 0 aromatic heterocycles. The largest absolute Gasteiger partial charge is 0.379 e. The predicted octanol–water partition coefficient (Wildman–Crippen LogP) is 1.93. The van der Waals surface area contributed by atoms with Crippen molar-refractivity contribution in [3.63, 3.8) is 0 Å². The Bertz CT molecular complexity index is 462. The molecule has 144 valence electrons. The van der Waals surface area contributed by atoms with Gasteiger partial charge in [0.25, 0.3) is 0 Å². The number of nitrogens with zero attached hydrogens (tertiary/aromatic N) is 1. The Morgan fingerprint density at radius 3 is 2.44 bits per heavy atom. The molecule has 1 saturated heterocycles. The summed E-state index contributed by atoms with van der Waals surface area (Å²) in [5, 5.41) is 3.35. The van der Waals surface area contributed by atoms with Gasteiger partial charge in [0.2, 0.25) is 5.91 Å². The Labute approximate surface area is 157 Å². The molecule has 0 spiro atoms. The van der Waals surface area contributed by atoms with Crippen LogP contribution in [-0.2, 0) is 9.53 Å². The highest BCUT2D eigenvalue weighted by Gasteiger charge is 2.49. The van der Waals surface area contributed by atoms with Gasteiger partial charge in [-0.25, -0.2) is 0 Å². The lowest BCUT2D eigenvalue weighted by molar-refractivity contribution is -0.128. The molecule has 0 radical (unpaired) electrons. The topological polar surface area (TPSA) is 67.6 Å². The molecule has 6 heteroatoms. The van der Waals surface area contributed by atoms with E-state index < -0.39 is 0 Å². The van der Waals surface area contributed by atoms with Crippen LogP contribution in [0.1, 0.15) is 51.4 Å². The molecular weight excluding hydrogens is 338 g/mol. The zero-order valence-corrected chi connectivity index (χ0v) is 16.1. The summed E-state index contributed by atoms with van der Waals surface area (Å²) in [4.78, 5) is 15.5. The number of morpholine rings is 1. The molecule has 1 amide bonds. The highest BCUT2D eigenvalue weighted by atomic mass is 35.5. The highest BCUT2D eigenvalue weighted by molar-refractivity contribution is 5.85. The van der Waals surface area contributed by atoms with E-state index in [1.165, 1.54) is 51.4 Å². The summed E-state index contributed by atoms with van der Waals surface area (Å²) < 4.78 is 5.54. The maximum atomic E-state index is 12.9. The van der Waals surface area contributed by atoms with E-state index >= 15 is 0 Å². The number of rotatable bonds is 4. The van der Waals surface area contributed by atoms with Gasteiger partial charge in [-0.2, -0.15) is 0 Å². The normalized spacial score (nSPS) is 37.5. The number of amides is 1. The van der Waals surface area contributed by atoms with E-state index in [4.69, 9.17) is 10.5 Å². The minimum Gasteiger partial charge on any atom is -0.379 e. The van der Waals surface area contributed by atoms with Crippen LogP contribution in [0.15, 0.2) is 0 Å². The molecule has 4 rings (SSSR count). The van der Waals surface area contributed by atoms with Gasteiger partial charge in [0.15, 0.2) is 0 Å². The number of halogens is 1. The molecule has 4 unspecified atom stereocenters. The second-order valence-electron chi connectivity index (χ2n) is 8.54. The van der Waals surface area contributed by atoms with Gasteiger partial charge in [0.1, 0.15) is 0 Å². The van der Waals surface area contributed by atoms with Crippen LogP contribution in [0, 0.1) is 17.8 Å². The molecular formula is C19H34ClN3O2. The molecule has 5 nitrogen and oxygen atoms in total. The Kier molecular flexibility index (Phi) is 6.30. The number of ether oxygens (including phenoxy) is 1. The zero-order chi connectivity index (χ0) is 16.6. The number of hydrogen-bond acceptors (Lipinski definition) is 4. The van der Waals surface area contributed by atoms with Crippen molar-refractivity contribution in [2.24, 2.45) is 23.5 Å². The van der Waals surface area contributed by atoms with Crippen molar-refractivity contribution in [1.82, 2.24) is 10.2 Å². The lowest BCUT2D eigenvalue weighted by Gasteiger charge is -2.48. The van der Waals surface area contributed by atoms with Gasteiger partial charge >= 0.3 is 0 Å². The van der Waals surface area contributed by atoms with Gasteiger partial charge in [0.05, 0.1) is 19.1 Å². The van der Waals surface area contributed by atoms with Gasteiger partial charge in [0, 0.05) is 31.2 Å². The molecule has 4 atom stereocenters. The quantitative estimate of drug-likeness (QED) is 0.792. The van der Waals surface area contributed by atoms with Crippen molar-refractivity contribution in [1.29, 1.82) is 0 Å². The maximum Gasteiger partial charge on any atom is 0.225 e. The Morgan fingerprint density at radius 1 is 1.12 bits per heavy atom. The third-order valence-corrected chi connectivity index (χ3v) is 7.34. The van der Waals surface area contributed by atoms with E-state index in [1.807, 2.05) is 0 Å². The summed E-state index contributed by atoms with van der Waals surface area (Å²) in [6.07, 6.45) is 9.90. The van der Waals surface area contributed by atoms with Gasteiger partial charge in [-0.1, -0.05) is 19.3 Å². The summed E-state index contributed by atoms with van der Waals surface area (Å²) in [5.74, 6) is 1.42. The van der Waals surface area contributed by atoms with Gasteiger partial charge < -0.3 is 15.8 Å². The van der Waals surface area contributed by atoms with E-state index in [-0.39, 0.29) is 35.8 Å². The van der Waals surface area contributed by atoms with Crippen molar-refractivity contribution in [2.75, 3.05) is 32.8 Å². The fraction of sp³-hybridized carbons (Fsp3) is 0.947. The Balaban J connectivity index is 0.00000182. The van der Waals surface area contributed by atoms with Crippen LogP contribution in [0.2, 0.25) is 0 Å². The minimum absolute atomic E-state index is 0. The van der Waals surface area contributed by atoms with Crippen molar-refractivity contribution < 1.29 is 9.53 Å². The predicted molar refractivity (Wildman–Crippen MR) is 101 cm³/mol. The summed E-state index contributed by atoms with van der Waals surface area (Å²) >= 11 is 0. The van der Waals surface area contributed by atoms with Crippen LogP contribution in [0.3, 0.4) is 0 Å². The van der Waals surface area contributed by atoms with Crippen molar-refractivity contribution >= 4 is 18.3 Å². The molecule has 3 N–H and O–H groups in total. The van der Waals surface area contributed by atoms with Gasteiger partial charge in [-0.15, -0.1) is 12.4 Å². The Hall–Kier alpha value is -0.360. The first-order chi connectivity index (χ1) is 11.7. The molecule has 4 fully saturated rings. The first kappa shape index (κ1) is 19.4. The number of hydrogen-bond donors (Lipinski definition) is 2. The average Bonchev–Trinajstić information content (AvgIpc) is 3.22. The van der Waals surface area contributed by atoms with Crippen molar-refractivity contribution in [2.45, 2.75) is 62.9 Å². The number of fused-ring (bicyclic) bond motifs is 2. The van der Waals surface area contributed by atoms with E-state index in [0.29, 0.717) is 11.8 Å². The molecule has 0 aromatic carbocycles. The molecule has 0 aromatic rings. The first-order valence-electron chi connectivity index (χ1n) is 10.1. The van der Waals surface area contributed by atoms with Crippen LogP contribution in [-0.4, -0.2) is 55.2 Å². The van der Waals surface area contributed by atoms with Crippen LogP contribution in [0.5, 0.6) is 0 Å². The van der Waals surface area contributed by atoms with Crippen molar-refractivity contribution in [3.8, 4) is 0 Å². The van der Waals surface area contributed by atoms with E-state index in [0.717, 1.165) is 32.8 Å². The summed E-state index contributed by atoms with van der Waals surface area (Å²) in [6, 6.07) is 0.0921. The molecule has 1 aliphatic heterocycles. The molecule has 3 saturated carbocycles. The molecule has 25 heavy (non-hydrogen) atoms. The summed E-state index contributed by atoms with van der Waals surface area (Å²) in [5.41, 5.74) is 6.51. The molecule has 1 heterocycles. The SMILES string of the molecule is Cl.NC1C2CCC(C2)C1C(=O)NCC1(N2CCOCC2)CCCCC1. The fourth-order valence-corrected chi connectivity index (χ4v) is 5.95. The lowest BCUT2D eigenvalue weighted by atomic mass is 9.79. The van der Waals surface area contributed by atoms with Crippen LogP contribution in [0.4, 0.5) is 0 Å². The van der Waals surface area contributed by atoms with E-state index in [9.17, 15) is 4.79 Å². The number of carbonyl (C=O) groups is 1. The van der Waals surface area contributed by atoms with Crippen LogP contribution < -0.4 is 11.1 Å². The summed E-state index contributed by atoms with van der Waals surface area (Å²) in [6.45, 7) is 4.46. The van der Waals surface area contributed by atoms with Gasteiger partial charge in [-0.3, -0.25) is 9.69 Å². The maximum absolute atomic E-state index is 12.9. The van der Waals surface area contributed by atoms with Crippen molar-refractivity contribution in [3.05, 3.63) is 0 Å². The van der Waals surface area contributed by atoms with Crippen LogP contribution >= 0.6 is 12.4 Å². The number of nitrogens with two attached hydrogens (primary N) is 1. The van der Waals surface area contributed by atoms with E-state index in [1.54, 1.807) is 0 Å². The second kappa shape index (κ2) is 8.12. The summed E-state index contributed by atoms with van der Waals surface area (Å²) in [7, 11) is 0. The average molecular weight is 372 g/mol. The lowest BCUT2D eigenvalue weighted by Crippen LogP contribution is -2.60. The third kappa shape index (κ3) is 3.71. The monoisotopic (exact) mass is 371 g/mol. The third-order valence-electron chi connectivity index (χ3n) is 7.34. The second-order valence-corrected chi connectivity index (χ2v) is 8.54. The number of carbonyl (C=O) groups excluding carboxylic acids is 1. The molecule has 3 aliphatic carbocycles. The smallest absolute Gasteiger partial charge is 0.225 e. The highest BCUT2D eigenvalue weighted by Crippen LogP contribution is 2.47.